The summed E-state index contributed by atoms with van der Waals surface area (Å²) >= 11 is 1.36. The predicted octanol–water partition coefficient (Wildman–Crippen LogP) is 3.94. The van der Waals surface area contributed by atoms with Crippen LogP contribution in [-0.4, -0.2) is 38.8 Å². The molecule has 7 nitrogen and oxygen atoms in total. The van der Waals surface area contributed by atoms with Crippen molar-refractivity contribution in [3.63, 3.8) is 0 Å². The molecule has 0 spiro atoms. The lowest BCUT2D eigenvalue weighted by Gasteiger charge is -2.18. The Hall–Kier alpha value is -2.71. The number of nitrogens with one attached hydrogen (secondary N) is 1. The molecule has 1 N–H and O–H groups in total. The lowest BCUT2D eigenvalue weighted by molar-refractivity contribution is -0.115. The normalized spacial score (nSPS) is 17.1. The number of nitrogens with zero attached hydrogens (tertiary/aromatic N) is 4. The molecule has 0 aliphatic carbocycles. The second kappa shape index (κ2) is 9.40. The molecule has 156 valence electrons. The van der Waals surface area contributed by atoms with Crippen molar-refractivity contribution >= 4 is 23.4 Å². The number of ether oxygens (including phenoxy) is 1. The van der Waals surface area contributed by atoms with Crippen LogP contribution >= 0.6 is 11.8 Å². The predicted molar refractivity (Wildman–Crippen MR) is 116 cm³/mol. The van der Waals surface area contributed by atoms with Gasteiger partial charge in [0.25, 0.3) is 0 Å². The SMILES string of the molecule is Cc1ccc(C)c(NC(=O)[C@@H](Sc2nnnn2C[C@H]2CCCO2)c2ccccc2)c1. The van der Waals surface area contributed by atoms with E-state index in [0.29, 0.717) is 11.7 Å². The van der Waals surface area contributed by atoms with Crippen LogP contribution < -0.4 is 5.32 Å². The molecule has 1 fully saturated rings. The number of aryl methyl sites for hydroxylation is 2. The minimum Gasteiger partial charge on any atom is -0.376 e. The number of aromatic nitrogens is 4. The number of rotatable bonds is 7. The van der Waals surface area contributed by atoms with Gasteiger partial charge in [-0.15, -0.1) is 5.10 Å². The van der Waals surface area contributed by atoms with E-state index in [0.717, 1.165) is 41.8 Å². The number of hydrogen-bond acceptors (Lipinski definition) is 6. The van der Waals surface area contributed by atoms with Gasteiger partial charge in [-0.2, -0.15) is 0 Å². The van der Waals surface area contributed by atoms with E-state index in [1.54, 1.807) is 4.68 Å². The van der Waals surface area contributed by atoms with E-state index >= 15 is 0 Å². The quantitative estimate of drug-likeness (QED) is 0.580. The van der Waals surface area contributed by atoms with Crippen molar-refractivity contribution in [2.45, 2.75) is 49.7 Å². The lowest BCUT2D eigenvalue weighted by atomic mass is 10.1. The van der Waals surface area contributed by atoms with Gasteiger partial charge in [0.2, 0.25) is 11.1 Å². The zero-order valence-electron chi connectivity index (χ0n) is 17.1. The molecular formula is C22H25N5O2S. The van der Waals surface area contributed by atoms with Crippen LogP contribution in [0.3, 0.4) is 0 Å². The van der Waals surface area contributed by atoms with Gasteiger partial charge in [0, 0.05) is 12.3 Å². The van der Waals surface area contributed by atoms with Crippen molar-refractivity contribution in [2.24, 2.45) is 0 Å². The summed E-state index contributed by atoms with van der Waals surface area (Å²) in [7, 11) is 0. The van der Waals surface area contributed by atoms with Crippen molar-refractivity contribution in [3.8, 4) is 0 Å². The summed E-state index contributed by atoms with van der Waals surface area (Å²) in [6.45, 7) is 5.37. The number of carbonyl (C=O) groups is 1. The second-order valence-corrected chi connectivity index (χ2v) is 8.57. The third-order valence-corrected chi connectivity index (χ3v) is 6.34. The molecular weight excluding hydrogens is 398 g/mol. The highest BCUT2D eigenvalue weighted by atomic mass is 32.2. The number of amides is 1. The molecule has 1 amide bonds. The van der Waals surface area contributed by atoms with E-state index in [1.807, 2.05) is 62.4 Å². The van der Waals surface area contributed by atoms with Gasteiger partial charge >= 0.3 is 0 Å². The van der Waals surface area contributed by atoms with E-state index in [1.165, 1.54) is 11.8 Å². The Bertz CT molecular complexity index is 1000. The Morgan fingerprint density at radius 2 is 2.10 bits per heavy atom. The number of thioether (sulfide) groups is 1. The van der Waals surface area contributed by atoms with Crippen molar-refractivity contribution in [2.75, 3.05) is 11.9 Å². The van der Waals surface area contributed by atoms with E-state index in [-0.39, 0.29) is 12.0 Å². The van der Waals surface area contributed by atoms with E-state index in [2.05, 4.69) is 20.8 Å². The van der Waals surface area contributed by atoms with Crippen molar-refractivity contribution in [3.05, 3.63) is 65.2 Å². The third kappa shape index (κ3) is 4.88. The molecule has 2 atom stereocenters. The van der Waals surface area contributed by atoms with Crippen LogP contribution in [0.15, 0.2) is 53.7 Å². The number of benzene rings is 2. The Morgan fingerprint density at radius 3 is 2.87 bits per heavy atom. The topological polar surface area (TPSA) is 81.9 Å². The fourth-order valence-corrected chi connectivity index (χ4v) is 4.44. The molecule has 1 aliphatic heterocycles. The summed E-state index contributed by atoms with van der Waals surface area (Å²) < 4.78 is 7.45. The van der Waals surface area contributed by atoms with Gasteiger partial charge in [0.15, 0.2) is 0 Å². The third-order valence-electron chi connectivity index (χ3n) is 5.11. The average Bonchev–Trinajstić information content (AvgIpc) is 3.42. The molecule has 0 radical (unpaired) electrons. The second-order valence-electron chi connectivity index (χ2n) is 7.49. The van der Waals surface area contributed by atoms with Gasteiger partial charge in [0.05, 0.1) is 12.6 Å². The Morgan fingerprint density at radius 1 is 1.27 bits per heavy atom. The summed E-state index contributed by atoms with van der Waals surface area (Å²) in [5.74, 6) is -0.105. The highest BCUT2D eigenvalue weighted by molar-refractivity contribution is 8.00. The van der Waals surface area contributed by atoms with Crippen molar-refractivity contribution < 1.29 is 9.53 Å². The molecule has 30 heavy (non-hydrogen) atoms. The number of tetrazole rings is 1. The van der Waals surface area contributed by atoms with Crippen LogP contribution in [0.1, 0.15) is 34.8 Å². The summed E-state index contributed by atoms with van der Waals surface area (Å²) in [5.41, 5.74) is 3.84. The smallest absolute Gasteiger partial charge is 0.242 e. The van der Waals surface area contributed by atoms with Crippen LogP contribution in [0.2, 0.25) is 0 Å². The molecule has 2 heterocycles. The monoisotopic (exact) mass is 423 g/mol. The average molecular weight is 424 g/mol. The van der Waals surface area contributed by atoms with Crippen LogP contribution in [-0.2, 0) is 16.1 Å². The Labute approximate surface area is 180 Å². The first-order valence-electron chi connectivity index (χ1n) is 10.1. The first-order chi connectivity index (χ1) is 14.6. The highest BCUT2D eigenvalue weighted by Crippen LogP contribution is 2.35. The van der Waals surface area contributed by atoms with E-state index < -0.39 is 5.25 Å². The summed E-state index contributed by atoms with van der Waals surface area (Å²) in [6.07, 6.45) is 2.17. The maximum Gasteiger partial charge on any atom is 0.242 e. The van der Waals surface area contributed by atoms with Gasteiger partial charge in [-0.25, -0.2) is 4.68 Å². The molecule has 1 saturated heterocycles. The van der Waals surface area contributed by atoms with Gasteiger partial charge in [-0.3, -0.25) is 4.79 Å². The first-order valence-corrected chi connectivity index (χ1v) is 11.0. The molecule has 0 saturated carbocycles. The van der Waals surface area contributed by atoms with E-state index in [9.17, 15) is 4.79 Å². The zero-order chi connectivity index (χ0) is 20.9. The number of hydrogen-bond donors (Lipinski definition) is 1. The maximum atomic E-state index is 13.3. The molecule has 0 bridgehead atoms. The summed E-state index contributed by atoms with van der Waals surface area (Å²) in [6, 6.07) is 15.7. The summed E-state index contributed by atoms with van der Waals surface area (Å²) in [4.78, 5) is 13.3. The van der Waals surface area contributed by atoms with Crippen LogP contribution in [0.25, 0.3) is 0 Å². The fraction of sp³-hybridized carbons (Fsp3) is 0.364. The standard InChI is InChI=1S/C22H25N5O2S/c1-15-10-11-16(2)19(13-15)23-21(28)20(17-7-4-3-5-8-17)30-22-24-25-26-27(22)14-18-9-6-12-29-18/h3-5,7-8,10-11,13,18,20H,6,9,12,14H2,1-2H3,(H,23,28)/t18-,20+/m1/s1. The molecule has 0 unspecified atom stereocenters. The molecule has 3 aromatic rings. The number of carbonyl (C=O) groups excluding carboxylic acids is 1. The molecule has 4 rings (SSSR count). The van der Waals surface area contributed by atoms with Gasteiger partial charge in [-0.05, 0) is 59.9 Å². The van der Waals surface area contributed by atoms with E-state index in [4.69, 9.17) is 4.74 Å². The molecule has 2 aromatic carbocycles. The lowest BCUT2D eigenvalue weighted by Crippen LogP contribution is -2.21. The zero-order valence-corrected chi connectivity index (χ0v) is 17.9. The van der Waals surface area contributed by atoms with Crippen LogP contribution in [0, 0.1) is 13.8 Å². The van der Waals surface area contributed by atoms with Gasteiger partial charge in [-0.1, -0.05) is 54.2 Å². The van der Waals surface area contributed by atoms with Crippen LogP contribution in [0.5, 0.6) is 0 Å². The summed E-state index contributed by atoms with van der Waals surface area (Å²) in [5, 5.41) is 15.3. The van der Waals surface area contributed by atoms with Gasteiger partial charge < -0.3 is 10.1 Å². The van der Waals surface area contributed by atoms with Crippen molar-refractivity contribution in [1.29, 1.82) is 0 Å². The molecule has 8 heteroatoms. The maximum absolute atomic E-state index is 13.3. The molecule has 1 aromatic heterocycles. The largest absolute Gasteiger partial charge is 0.376 e. The highest BCUT2D eigenvalue weighted by Gasteiger charge is 2.27. The first kappa shape index (κ1) is 20.6. The minimum atomic E-state index is -0.486. The van der Waals surface area contributed by atoms with Crippen LogP contribution in [0.4, 0.5) is 5.69 Å². The minimum absolute atomic E-state index is 0.105. The number of anilines is 1. The fourth-order valence-electron chi connectivity index (χ4n) is 3.45. The Balaban J connectivity index is 1.57. The van der Waals surface area contributed by atoms with Crippen molar-refractivity contribution in [1.82, 2.24) is 20.2 Å². The Kier molecular flexibility index (Phi) is 6.44. The molecule has 1 aliphatic rings. The van der Waals surface area contributed by atoms with Gasteiger partial charge in [0.1, 0.15) is 5.25 Å².